The maximum Gasteiger partial charge on any atom is 0.223 e. The molecule has 0 radical (unpaired) electrons. The number of amides is 2. The molecule has 0 saturated heterocycles. The predicted molar refractivity (Wildman–Crippen MR) is 93.7 cm³/mol. The van der Waals surface area contributed by atoms with E-state index in [2.05, 4.69) is 12.2 Å². The van der Waals surface area contributed by atoms with Gasteiger partial charge >= 0.3 is 0 Å². The first-order valence-corrected chi connectivity index (χ1v) is 8.71. The predicted octanol–water partition coefficient (Wildman–Crippen LogP) is 2.48. The zero-order chi connectivity index (χ0) is 17.5. The van der Waals surface area contributed by atoms with Crippen LogP contribution in [0.3, 0.4) is 0 Å². The van der Waals surface area contributed by atoms with Gasteiger partial charge in [-0.05, 0) is 68.7 Å². The van der Waals surface area contributed by atoms with Gasteiger partial charge in [0, 0.05) is 12.5 Å². The third kappa shape index (κ3) is 5.55. The SMILES string of the molecule is Cc1ccc(OCCC(=O)NCC2CCC(C(N)=O)CC2)cc1C. The first kappa shape index (κ1) is 18.3. The van der Waals surface area contributed by atoms with E-state index >= 15 is 0 Å². The summed E-state index contributed by atoms with van der Waals surface area (Å²) in [7, 11) is 0. The minimum Gasteiger partial charge on any atom is -0.493 e. The monoisotopic (exact) mass is 332 g/mol. The van der Waals surface area contributed by atoms with Gasteiger partial charge in [-0.15, -0.1) is 0 Å². The molecule has 1 fully saturated rings. The molecule has 1 aliphatic carbocycles. The lowest BCUT2D eigenvalue weighted by molar-refractivity contribution is -0.124. The summed E-state index contributed by atoms with van der Waals surface area (Å²) in [5.74, 6) is 1.08. The van der Waals surface area contributed by atoms with Gasteiger partial charge < -0.3 is 15.8 Å². The number of rotatable bonds is 7. The number of hydrogen-bond acceptors (Lipinski definition) is 3. The molecule has 0 heterocycles. The molecule has 24 heavy (non-hydrogen) atoms. The Labute approximate surface area is 143 Å². The Morgan fingerprint density at radius 1 is 1.17 bits per heavy atom. The van der Waals surface area contributed by atoms with Crippen LogP contribution in [0.5, 0.6) is 5.75 Å². The highest BCUT2D eigenvalue weighted by Gasteiger charge is 2.24. The van der Waals surface area contributed by atoms with Gasteiger partial charge in [0.05, 0.1) is 13.0 Å². The number of primary amides is 1. The molecule has 1 aliphatic rings. The summed E-state index contributed by atoms with van der Waals surface area (Å²) in [5, 5.41) is 2.97. The van der Waals surface area contributed by atoms with Crippen LogP contribution in [-0.4, -0.2) is 25.0 Å². The van der Waals surface area contributed by atoms with Gasteiger partial charge in [-0.1, -0.05) is 6.07 Å². The molecule has 2 amide bonds. The molecule has 2 rings (SSSR count). The molecule has 0 unspecified atom stereocenters. The summed E-state index contributed by atoms with van der Waals surface area (Å²) >= 11 is 0. The van der Waals surface area contributed by atoms with Gasteiger partial charge in [0.15, 0.2) is 0 Å². The minimum atomic E-state index is -0.194. The topological polar surface area (TPSA) is 81.4 Å². The first-order chi connectivity index (χ1) is 11.5. The Balaban J connectivity index is 1.62. The van der Waals surface area contributed by atoms with Crippen molar-refractivity contribution in [3.05, 3.63) is 29.3 Å². The van der Waals surface area contributed by atoms with Gasteiger partial charge in [-0.3, -0.25) is 9.59 Å². The van der Waals surface area contributed by atoms with Crippen LogP contribution in [0.25, 0.3) is 0 Å². The molecule has 0 aromatic heterocycles. The Bertz CT molecular complexity index is 578. The normalized spacial score (nSPS) is 20.4. The molecule has 0 bridgehead atoms. The van der Waals surface area contributed by atoms with E-state index in [0.717, 1.165) is 31.4 Å². The summed E-state index contributed by atoms with van der Waals surface area (Å²) in [6.07, 6.45) is 3.93. The van der Waals surface area contributed by atoms with Crippen LogP contribution < -0.4 is 15.8 Å². The third-order valence-corrected chi connectivity index (χ3v) is 4.91. The highest BCUT2D eigenvalue weighted by molar-refractivity contribution is 5.77. The molecule has 132 valence electrons. The molecule has 5 heteroatoms. The molecule has 5 nitrogen and oxygen atoms in total. The van der Waals surface area contributed by atoms with E-state index in [0.29, 0.717) is 25.5 Å². The number of hydrogen-bond donors (Lipinski definition) is 2. The van der Waals surface area contributed by atoms with E-state index in [1.807, 2.05) is 25.1 Å². The molecule has 1 aromatic rings. The smallest absolute Gasteiger partial charge is 0.223 e. The van der Waals surface area contributed by atoms with Crippen molar-refractivity contribution in [2.24, 2.45) is 17.6 Å². The van der Waals surface area contributed by atoms with E-state index in [9.17, 15) is 9.59 Å². The lowest BCUT2D eigenvalue weighted by Gasteiger charge is -2.26. The zero-order valence-electron chi connectivity index (χ0n) is 14.6. The number of benzene rings is 1. The first-order valence-electron chi connectivity index (χ1n) is 8.71. The molecule has 1 saturated carbocycles. The van der Waals surface area contributed by atoms with Crippen LogP contribution in [0.15, 0.2) is 18.2 Å². The lowest BCUT2D eigenvalue weighted by atomic mass is 9.81. The largest absolute Gasteiger partial charge is 0.493 e. The van der Waals surface area contributed by atoms with Gasteiger partial charge in [0.1, 0.15) is 5.75 Å². The van der Waals surface area contributed by atoms with Gasteiger partial charge in [-0.2, -0.15) is 0 Å². The fraction of sp³-hybridized carbons (Fsp3) is 0.579. The molecule has 0 aliphatic heterocycles. The standard InChI is InChI=1S/C19H28N2O3/c1-13-3-8-17(11-14(13)2)24-10-9-18(22)21-12-15-4-6-16(7-5-15)19(20)23/h3,8,11,15-16H,4-7,9-10,12H2,1-2H3,(H2,20,23)(H,21,22). The van der Waals surface area contributed by atoms with E-state index in [1.165, 1.54) is 11.1 Å². The van der Waals surface area contributed by atoms with Crippen LogP contribution in [-0.2, 0) is 9.59 Å². The average Bonchev–Trinajstić information content (AvgIpc) is 2.56. The fourth-order valence-corrected chi connectivity index (χ4v) is 3.06. The van der Waals surface area contributed by atoms with Crippen LogP contribution >= 0.6 is 0 Å². The maximum atomic E-state index is 11.9. The molecule has 1 aromatic carbocycles. The second kappa shape index (κ2) is 8.71. The summed E-state index contributed by atoms with van der Waals surface area (Å²) in [5.41, 5.74) is 7.74. The van der Waals surface area contributed by atoms with Crippen LogP contribution in [0, 0.1) is 25.7 Å². The number of carbonyl (C=O) groups is 2. The third-order valence-electron chi connectivity index (χ3n) is 4.91. The summed E-state index contributed by atoms with van der Waals surface area (Å²) in [6.45, 7) is 5.15. The molecular weight excluding hydrogens is 304 g/mol. The number of nitrogens with two attached hydrogens (primary N) is 1. The number of carbonyl (C=O) groups excluding carboxylic acids is 2. The summed E-state index contributed by atoms with van der Waals surface area (Å²) in [4.78, 5) is 23.0. The number of ether oxygens (including phenoxy) is 1. The van der Waals surface area contributed by atoms with Crippen LogP contribution in [0.2, 0.25) is 0 Å². The highest BCUT2D eigenvalue weighted by atomic mass is 16.5. The summed E-state index contributed by atoms with van der Waals surface area (Å²) < 4.78 is 5.63. The van der Waals surface area contributed by atoms with Crippen molar-refractivity contribution in [2.45, 2.75) is 46.0 Å². The molecule has 0 atom stereocenters. The maximum absolute atomic E-state index is 11.9. The number of aryl methyl sites for hydroxylation is 2. The Morgan fingerprint density at radius 3 is 2.50 bits per heavy atom. The summed E-state index contributed by atoms with van der Waals surface area (Å²) in [6, 6.07) is 5.94. The Kier molecular flexibility index (Phi) is 6.64. The van der Waals surface area contributed by atoms with Crippen molar-refractivity contribution in [2.75, 3.05) is 13.2 Å². The van der Waals surface area contributed by atoms with Crippen molar-refractivity contribution in [1.29, 1.82) is 0 Å². The molecular formula is C19H28N2O3. The minimum absolute atomic E-state index is 0.0101. The van der Waals surface area contributed by atoms with Crippen LogP contribution in [0.1, 0.15) is 43.2 Å². The molecule has 3 N–H and O–H groups in total. The van der Waals surface area contributed by atoms with Gasteiger partial charge in [0.2, 0.25) is 11.8 Å². The Hall–Kier alpha value is -2.04. The van der Waals surface area contributed by atoms with Crippen molar-refractivity contribution >= 4 is 11.8 Å². The highest BCUT2D eigenvalue weighted by Crippen LogP contribution is 2.28. The van der Waals surface area contributed by atoms with E-state index in [4.69, 9.17) is 10.5 Å². The van der Waals surface area contributed by atoms with Gasteiger partial charge in [-0.25, -0.2) is 0 Å². The van der Waals surface area contributed by atoms with Crippen LogP contribution in [0.4, 0.5) is 0 Å². The van der Waals surface area contributed by atoms with Gasteiger partial charge in [0.25, 0.3) is 0 Å². The van der Waals surface area contributed by atoms with Crippen molar-refractivity contribution in [3.8, 4) is 5.75 Å². The number of nitrogens with one attached hydrogen (secondary N) is 1. The van der Waals surface area contributed by atoms with E-state index < -0.39 is 0 Å². The fourth-order valence-electron chi connectivity index (χ4n) is 3.06. The molecule has 0 spiro atoms. The quantitative estimate of drug-likeness (QED) is 0.805. The zero-order valence-corrected chi connectivity index (χ0v) is 14.6. The average molecular weight is 332 g/mol. The van der Waals surface area contributed by atoms with Crippen molar-refractivity contribution in [3.63, 3.8) is 0 Å². The van der Waals surface area contributed by atoms with E-state index in [-0.39, 0.29) is 17.7 Å². The second-order valence-electron chi connectivity index (χ2n) is 6.77. The van der Waals surface area contributed by atoms with E-state index in [1.54, 1.807) is 0 Å². The van der Waals surface area contributed by atoms with Crippen molar-refractivity contribution in [1.82, 2.24) is 5.32 Å². The Morgan fingerprint density at radius 2 is 1.88 bits per heavy atom. The second-order valence-corrected chi connectivity index (χ2v) is 6.77. The van der Waals surface area contributed by atoms with Crippen molar-refractivity contribution < 1.29 is 14.3 Å². The lowest BCUT2D eigenvalue weighted by Crippen LogP contribution is -2.34.